The second-order valence-electron chi connectivity index (χ2n) is 5.52. The van der Waals surface area contributed by atoms with Crippen molar-refractivity contribution in [2.45, 2.75) is 19.1 Å². The summed E-state index contributed by atoms with van der Waals surface area (Å²) in [6, 6.07) is 15.7. The highest BCUT2D eigenvalue weighted by atomic mass is 16.7. The summed E-state index contributed by atoms with van der Waals surface area (Å²) in [4.78, 5) is 0. The van der Waals surface area contributed by atoms with E-state index in [1.165, 1.54) is 5.56 Å². The monoisotopic (exact) mass is 315 g/mol. The van der Waals surface area contributed by atoms with Crippen LogP contribution in [-0.4, -0.2) is 31.2 Å². The first-order chi connectivity index (χ1) is 11.2. The van der Waals surface area contributed by atoms with Crippen LogP contribution >= 0.6 is 0 Å². The van der Waals surface area contributed by atoms with E-state index in [1.54, 1.807) is 18.2 Å². The molecule has 0 saturated heterocycles. The van der Waals surface area contributed by atoms with E-state index in [-0.39, 0.29) is 19.4 Å². The molecule has 5 heteroatoms. The molecule has 5 nitrogen and oxygen atoms in total. The molecule has 1 heterocycles. The fraction of sp³-hybridized carbons (Fsp3) is 0.333. The van der Waals surface area contributed by atoms with Crippen molar-refractivity contribution in [2.75, 3.05) is 19.9 Å². The lowest BCUT2D eigenvalue weighted by Gasteiger charge is -2.18. The summed E-state index contributed by atoms with van der Waals surface area (Å²) in [5, 5.41) is 13.4. The normalized spacial score (nSPS) is 15.2. The van der Waals surface area contributed by atoms with Gasteiger partial charge in [-0.05, 0) is 24.6 Å². The van der Waals surface area contributed by atoms with E-state index in [0.29, 0.717) is 18.0 Å². The molecule has 0 spiro atoms. The summed E-state index contributed by atoms with van der Waals surface area (Å²) < 4.78 is 16.2. The molecule has 0 radical (unpaired) electrons. The van der Waals surface area contributed by atoms with E-state index < -0.39 is 6.10 Å². The molecule has 2 atom stereocenters. The third-order valence-corrected chi connectivity index (χ3v) is 3.75. The molecular weight excluding hydrogens is 294 g/mol. The fourth-order valence-electron chi connectivity index (χ4n) is 2.39. The summed E-state index contributed by atoms with van der Waals surface area (Å²) in [7, 11) is 0. The predicted molar refractivity (Wildman–Crippen MR) is 86.9 cm³/mol. The van der Waals surface area contributed by atoms with Crippen molar-refractivity contribution in [3.63, 3.8) is 0 Å². The SMILES string of the molecule is C[C@@H](NC[C@H](O)COc1ccc2c(c1)OCO2)c1ccccc1. The number of ether oxygens (including phenoxy) is 3. The Morgan fingerprint density at radius 2 is 1.91 bits per heavy atom. The number of aliphatic hydroxyl groups excluding tert-OH is 1. The van der Waals surface area contributed by atoms with Crippen molar-refractivity contribution < 1.29 is 19.3 Å². The molecule has 2 aromatic carbocycles. The van der Waals surface area contributed by atoms with Gasteiger partial charge in [0, 0.05) is 18.7 Å². The Bertz CT molecular complexity index is 632. The maximum absolute atomic E-state index is 10.1. The summed E-state index contributed by atoms with van der Waals surface area (Å²) in [6.07, 6.45) is -0.591. The number of hydrogen-bond donors (Lipinski definition) is 2. The maximum atomic E-state index is 10.1. The minimum Gasteiger partial charge on any atom is -0.491 e. The van der Waals surface area contributed by atoms with Crippen LogP contribution in [0.3, 0.4) is 0 Å². The molecule has 0 aliphatic carbocycles. The van der Waals surface area contributed by atoms with Gasteiger partial charge in [0.1, 0.15) is 18.5 Å². The van der Waals surface area contributed by atoms with E-state index in [0.717, 1.165) is 5.75 Å². The maximum Gasteiger partial charge on any atom is 0.231 e. The molecular formula is C18H21NO4. The summed E-state index contributed by atoms with van der Waals surface area (Å²) in [6.45, 7) is 2.98. The first-order valence-corrected chi connectivity index (χ1v) is 7.71. The molecule has 1 aliphatic heterocycles. The highest BCUT2D eigenvalue weighted by Gasteiger charge is 2.14. The molecule has 0 fully saturated rings. The Kier molecular flexibility index (Phi) is 5.00. The minimum atomic E-state index is -0.591. The van der Waals surface area contributed by atoms with Gasteiger partial charge >= 0.3 is 0 Å². The van der Waals surface area contributed by atoms with E-state index in [2.05, 4.69) is 24.4 Å². The van der Waals surface area contributed by atoms with Crippen molar-refractivity contribution >= 4 is 0 Å². The molecule has 1 aliphatic rings. The van der Waals surface area contributed by atoms with E-state index >= 15 is 0 Å². The standard InChI is InChI=1S/C18H21NO4/c1-13(14-5-3-2-4-6-14)19-10-15(20)11-21-16-7-8-17-18(9-16)23-12-22-17/h2-9,13,15,19-20H,10-12H2,1H3/t13-,15+/m1/s1. The Hall–Kier alpha value is -2.24. The molecule has 3 rings (SSSR count). The lowest BCUT2D eigenvalue weighted by molar-refractivity contribution is 0.104. The van der Waals surface area contributed by atoms with Crippen molar-refractivity contribution in [3.05, 3.63) is 54.1 Å². The zero-order chi connectivity index (χ0) is 16.1. The number of aliphatic hydroxyl groups is 1. The van der Waals surface area contributed by atoms with Gasteiger partial charge in [0.25, 0.3) is 0 Å². The van der Waals surface area contributed by atoms with Crippen LogP contribution in [0.15, 0.2) is 48.5 Å². The Morgan fingerprint density at radius 3 is 2.74 bits per heavy atom. The highest BCUT2D eigenvalue weighted by molar-refractivity contribution is 5.46. The topological polar surface area (TPSA) is 60.0 Å². The molecule has 0 amide bonds. The van der Waals surface area contributed by atoms with Crippen LogP contribution in [0.1, 0.15) is 18.5 Å². The third-order valence-electron chi connectivity index (χ3n) is 3.75. The predicted octanol–water partition coefficient (Wildman–Crippen LogP) is 2.51. The number of fused-ring (bicyclic) bond motifs is 1. The van der Waals surface area contributed by atoms with Crippen LogP contribution < -0.4 is 19.5 Å². The quantitative estimate of drug-likeness (QED) is 0.822. The molecule has 2 N–H and O–H groups in total. The van der Waals surface area contributed by atoms with Gasteiger partial charge in [-0.1, -0.05) is 30.3 Å². The van der Waals surface area contributed by atoms with E-state index in [9.17, 15) is 5.11 Å². The zero-order valence-electron chi connectivity index (χ0n) is 13.1. The van der Waals surface area contributed by atoms with Crippen LogP contribution in [0.25, 0.3) is 0 Å². The number of benzene rings is 2. The van der Waals surface area contributed by atoms with Crippen molar-refractivity contribution in [2.24, 2.45) is 0 Å². The van der Waals surface area contributed by atoms with Gasteiger partial charge in [0.05, 0.1) is 0 Å². The first kappa shape index (κ1) is 15.6. The van der Waals surface area contributed by atoms with Gasteiger partial charge in [-0.3, -0.25) is 0 Å². The molecule has 0 bridgehead atoms. The van der Waals surface area contributed by atoms with Crippen LogP contribution in [0.5, 0.6) is 17.2 Å². The summed E-state index contributed by atoms with van der Waals surface area (Å²) in [5.74, 6) is 2.05. The van der Waals surface area contributed by atoms with Crippen molar-refractivity contribution in [1.29, 1.82) is 0 Å². The third kappa shape index (κ3) is 4.15. The van der Waals surface area contributed by atoms with Crippen LogP contribution in [0.4, 0.5) is 0 Å². The molecule has 122 valence electrons. The molecule has 23 heavy (non-hydrogen) atoms. The van der Waals surface area contributed by atoms with Gasteiger partial charge in [-0.2, -0.15) is 0 Å². The Balaban J connectivity index is 1.44. The van der Waals surface area contributed by atoms with Crippen LogP contribution in [0.2, 0.25) is 0 Å². The van der Waals surface area contributed by atoms with Gasteiger partial charge in [-0.25, -0.2) is 0 Å². The van der Waals surface area contributed by atoms with Crippen molar-refractivity contribution in [3.8, 4) is 17.2 Å². The van der Waals surface area contributed by atoms with Crippen molar-refractivity contribution in [1.82, 2.24) is 5.32 Å². The molecule has 0 saturated carbocycles. The number of hydrogen-bond acceptors (Lipinski definition) is 5. The molecule has 0 aromatic heterocycles. The Morgan fingerprint density at radius 1 is 1.13 bits per heavy atom. The summed E-state index contributed by atoms with van der Waals surface area (Å²) in [5.41, 5.74) is 1.19. The first-order valence-electron chi connectivity index (χ1n) is 7.71. The fourth-order valence-corrected chi connectivity index (χ4v) is 2.39. The zero-order valence-corrected chi connectivity index (χ0v) is 13.1. The smallest absolute Gasteiger partial charge is 0.231 e. The molecule has 0 unspecified atom stereocenters. The van der Waals surface area contributed by atoms with Gasteiger partial charge in [-0.15, -0.1) is 0 Å². The minimum absolute atomic E-state index is 0.177. The average molecular weight is 315 g/mol. The number of rotatable bonds is 7. The lowest BCUT2D eigenvalue weighted by Crippen LogP contribution is -2.33. The second-order valence-corrected chi connectivity index (χ2v) is 5.52. The van der Waals surface area contributed by atoms with Gasteiger partial charge in [0.2, 0.25) is 6.79 Å². The highest BCUT2D eigenvalue weighted by Crippen LogP contribution is 2.35. The average Bonchev–Trinajstić information content (AvgIpc) is 3.06. The molecule has 2 aromatic rings. The lowest BCUT2D eigenvalue weighted by atomic mass is 10.1. The van der Waals surface area contributed by atoms with Gasteiger partial charge < -0.3 is 24.6 Å². The van der Waals surface area contributed by atoms with E-state index in [4.69, 9.17) is 14.2 Å². The Labute approximate surface area is 135 Å². The van der Waals surface area contributed by atoms with Crippen LogP contribution in [-0.2, 0) is 0 Å². The second kappa shape index (κ2) is 7.35. The largest absolute Gasteiger partial charge is 0.491 e. The van der Waals surface area contributed by atoms with E-state index in [1.807, 2.05) is 18.2 Å². The van der Waals surface area contributed by atoms with Crippen LogP contribution in [0, 0.1) is 0 Å². The summed E-state index contributed by atoms with van der Waals surface area (Å²) >= 11 is 0. The van der Waals surface area contributed by atoms with Gasteiger partial charge in [0.15, 0.2) is 11.5 Å². The number of nitrogens with one attached hydrogen (secondary N) is 1.